The zero-order valence-corrected chi connectivity index (χ0v) is 16.0. The van der Waals surface area contributed by atoms with Crippen LogP contribution in [0.25, 0.3) is 0 Å². The lowest BCUT2D eigenvalue weighted by Crippen LogP contribution is -2.52. The first-order valence-electron chi connectivity index (χ1n) is 10.0. The van der Waals surface area contributed by atoms with Gasteiger partial charge >= 0.3 is 0 Å². The Kier molecular flexibility index (Phi) is 5.76. The Hall–Kier alpha value is -2.60. The van der Waals surface area contributed by atoms with Crippen molar-refractivity contribution < 1.29 is 18.7 Å². The molecule has 2 fully saturated rings. The second-order valence-corrected chi connectivity index (χ2v) is 7.48. The number of benzene rings is 1. The van der Waals surface area contributed by atoms with E-state index in [0.29, 0.717) is 37.6 Å². The van der Waals surface area contributed by atoms with Crippen LogP contribution < -0.4 is 0 Å². The van der Waals surface area contributed by atoms with Gasteiger partial charge in [-0.2, -0.15) is 0 Å². The molecule has 0 bridgehead atoms. The van der Waals surface area contributed by atoms with E-state index in [0.717, 1.165) is 25.7 Å². The van der Waals surface area contributed by atoms with Gasteiger partial charge in [-0.15, -0.1) is 0 Å². The molecule has 2 amide bonds. The first kappa shape index (κ1) is 18.7. The highest BCUT2D eigenvalue weighted by Gasteiger charge is 2.33. The second kappa shape index (κ2) is 8.61. The molecular formula is C22H26N2O4. The first-order valence-corrected chi connectivity index (χ1v) is 10.0. The molecule has 0 spiro atoms. The van der Waals surface area contributed by atoms with Crippen molar-refractivity contribution in [2.75, 3.05) is 26.2 Å². The van der Waals surface area contributed by atoms with Crippen molar-refractivity contribution >= 4 is 11.8 Å². The summed E-state index contributed by atoms with van der Waals surface area (Å²) in [4.78, 5) is 29.5. The van der Waals surface area contributed by atoms with Crippen LogP contribution in [0.5, 0.6) is 0 Å². The minimum absolute atomic E-state index is 0.0468. The smallest absolute Gasteiger partial charge is 0.289 e. The van der Waals surface area contributed by atoms with E-state index in [1.54, 1.807) is 17.0 Å². The number of nitrogens with zero attached hydrogens (tertiary/aromatic N) is 2. The monoisotopic (exact) mass is 382 g/mol. The van der Waals surface area contributed by atoms with Crippen LogP contribution in [0.15, 0.2) is 53.1 Å². The Morgan fingerprint density at radius 1 is 1.07 bits per heavy atom. The Morgan fingerprint density at radius 3 is 2.57 bits per heavy atom. The van der Waals surface area contributed by atoms with Crippen molar-refractivity contribution in [1.29, 1.82) is 0 Å². The van der Waals surface area contributed by atoms with Crippen LogP contribution in [0.1, 0.15) is 46.6 Å². The maximum absolute atomic E-state index is 13.2. The largest absolute Gasteiger partial charge is 0.459 e. The predicted molar refractivity (Wildman–Crippen MR) is 104 cm³/mol. The van der Waals surface area contributed by atoms with E-state index in [1.165, 1.54) is 6.26 Å². The van der Waals surface area contributed by atoms with Crippen molar-refractivity contribution in [1.82, 2.24) is 9.80 Å². The van der Waals surface area contributed by atoms with E-state index in [4.69, 9.17) is 9.15 Å². The summed E-state index contributed by atoms with van der Waals surface area (Å²) in [6.07, 6.45) is 5.67. The summed E-state index contributed by atoms with van der Waals surface area (Å²) in [5.74, 6) is 0.263. The lowest BCUT2D eigenvalue weighted by molar-refractivity contribution is -0.0377. The second-order valence-electron chi connectivity index (χ2n) is 7.48. The average molecular weight is 382 g/mol. The number of rotatable bonds is 5. The van der Waals surface area contributed by atoms with Gasteiger partial charge in [-0.05, 0) is 37.1 Å². The molecule has 1 saturated carbocycles. The maximum Gasteiger partial charge on any atom is 0.289 e. The Morgan fingerprint density at radius 2 is 1.86 bits per heavy atom. The lowest BCUT2D eigenvalue weighted by atomic mass is 10.1. The van der Waals surface area contributed by atoms with Crippen LogP contribution >= 0.6 is 0 Å². The molecular weight excluding hydrogens is 356 g/mol. The number of amides is 2. The fourth-order valence-corrected chi connectivity index (χ4v) is 4.15. The van der Waals surface area contributed by atoms with E-state index in [-0.39, 0.29) is 24.0 Å². The van der Waals surface area contributed by atoms with Crippen LogP contribution in [0.3, 0.4) is 0 Å². The SMILES string of the molecule is O=C(c1ccco1)N1CCOC(CN(C(=O)c2ccccc2)C2CCCC2)C1. The molecule has 2 heterocycles. The molecule has 1 unspecified atom stereocenters. The topological polar surface area (TPSA) is 63.0 Å². The van der Waals surface area contributed by atoms with E-state index in [1.807, 2.05) is 35.2 Å². The van der Waals surface area contributed by atoms with Crippen molar-refractivity contribution in [3.8, 4) is 0 Å². The number of morpholine rings is 1. The van der Waals surface area contributed by atoms with Gasteiger partial charge in [0.05, 0.1) is 19.0 Å². The Bertz CT molecular complexity index is 784. The molecule has 1 aliphatic heterocycles. The predicted octanol–water partition coefficient (Wildman–Crippen LogP) is 3.21. The van der Waals surface area contributed by atoms with E-state index < -0.39 is 0 Å². The third-order valence-electron chi connectivity index (χ3n) is 5.61. The van der Waals surface area contributed by atoms with E-state index in [2.05, 4.69) is 0 Å². The fraction of sp³-hybridized carbons (Fsp3) is 0.455. The molecule has 6 heteroatoms. The molecule has 1 aromatic carbocycles. The number of carbonyl (C=O) groups excluding carboxylic acids is 2. The van der Waals surface area contributed by atoms with Crippen LogP contribution in [0.2, 0.25) is 0 Å². The summed E-state index contributed by atoms with van der Waals surface area (Å²) >= 11 is 0. The number of carbonyl (C=O) groups is 2. The fourth-order valence-electron chi connectivity index (χ4n) is 4.15. The van der Waals surface area contributed by atoms with Gasteiger partial charge in [0.1, 0.15) is 0 Å². The summed E-state index contributed by atoms with van der Waals surface area (Å²) in [5, 5.41) is 0. The first-order chi connectivity index (χ1) is 13.7. The molecule has 4 rings (SSSR count). The zero-order valence-electron chi connectivity index (χ0n) is 16.0. The quantitative estimate of drug-likeness (QED) is 0.797. The number of hydrogen-bond acceptors (Lipinski definition) is 4. The van der Waals surface area contributed by atoms with Crippen LogP contribution in [-0.2, 0) is 4.74 Å². The Labute approximate surface area is 165 Å². The van der Waals surface area contributed by atoms with Gasteiger partial charge in [0.15, 0.2) is 5.76 Å². The van der Waals surface area contributed by atoms with Gasteiger partial charge in [-0.25, -0.2) is 0 Å². The minimum Gasteiger partial charge on any atom is -0.459 e. The summed E-state index contributed by atoms with van der Waals surface area (Å²) in [6, 6.07) is 13.0. The number of ether oxygens (including phenoxy) is 1. The van der Waals surface area contributed by atoms with Crippen molar-refractivity contribution in [3.05, 3.63) is 60.1 Å². The third-order valence-corrected chi connectivity index (χ3v) is 5.61. The molecule has 1 saturated heterocycles. The summed E-state index contributed by atoms with van der Waals surface area (Å²) in [7, 11) is 0. The highest BCUT2D eigenvalue weighted by atomic mass is 16.5. The van der Waals surface area contributed by atoms with Crippen LogP contribution in [0.4, 0.5) is 0 Å². The third kappa shape index (κ3) is 4.12. The van der Waals surface area contributed by atoms with Gasteiger partial charge in [0, 0.05) is 31.2 Å². The molecule has 2 aliphatic rings. The summed E-state index contributed by atoms with van der Waals surface area (Å²) in [5.41, 5.74) is 0.703. The Balaban J connectivity index is 1.47. The van der Waals surface area contributed by atoms with Crippen LogP contribution in [0, 0.1) is 0 Å². The highest BCUT2D eigenvalue weighted by Crippen LogP contribution is 2.26. The molecule has 2 aromatic rings. The van der Waals surface area contributed by atoms with E-state index in [9.17, 15) is 9.59 Å². The average Bonchev–Trinajstić information content (AvgIpc) is 3.46. The number of furan rings is 1. The standard InChI is InChI=1S/C22H26N2O4/c25-21(17-7-2-1-3-8-17)24(18-9-4-5-10-18)16-19-15-23(12-14-27-19)22(26)20-11-6-13-28-20/h1-3,6-8,11,13,18-19H,4-5,9-10,12,14-16H2. The molecule has 28 heavy (non-hydrogen) atoms. The van der Waals surface area contributed by atoms with Crippen LogP contribution in [-0.4, -0.2) is 60.0 Å². The van der Waals surface area contributed by atoms with Gasteiger partial charge < -0.3 is 19.0 Å². The maximum atomic E-state index is 13.2. The molecule has 0 radical (unpaired) electrons. The van der Waals surface area contributed by atoms with Gasteiger partial charge in [0.25, 0.3) is 11.8 Å². The number of hydrogen-bond donors (Lipinski definition) is 0. The summed E-state index contributed by atoms with van der Waals surface area (Å²) in [6.45, 7) is 1.96. The molecule has 6 nitrogen and oxygen atoms in total. The summed E-state index contributed by atoms with van der Waals surface area (Å²) < 4.78 is 11.2. The lowest BCUT2D eigenvalue weighted by Gasteiger charge is -2.37. The van der Waals surface area contributed by atoms with Crippen molar-refractivity contribution in [2.24, 2.45) is 0 Å². The highest BCUT2D eigenvalue weighted by molar-refractivity contribution is 5.94. The van der Waals surface area contributed by atoms with E-state index >= 15 is 0 Å². The normalized spacial score (nSPS) is 20.3. The van der Waals surface area contributed by atoms with Crippen molar-refractivity contribution in [3.63, 3.8) is 0 Å². The van der Waals surface area contributed by atoms with Gasteiger partial charge in [-0.3, -0.25) is 9.59 Å². The molecule has 1 atom stereocenters. The minimum atomic E-state index is -0.194. The van der Waals surface area contributed by atoms with Crippen molar-refractivity contribution in [2.45, 2.75) is 37.8 Å². The molecule has 0 N–H and O–H groups in total. The van der Waals surface area contributed by atoms with Gasteiger partial charge in [0.2, 0.25) is 0 Å². The van der Waals surface area contributed by atoms with Gasteiger partial charge in [-0.1, -0.05) is 31.0 Å². The molecule has 1 aliphatic carbocycles. The molecule has 148 valence electrons. The molecule has 1 aromatic heterocycles. The zero-order chi connectivity index (χ0) is 19.3.